The molecule has 0 spiro atoms. The lowest BCUT2D eigenvalue weighted by molar-refractivity contribution is 1.15. The van der Waals surface area contributed by atoms with Crippen molar-refractivity contribution in [1.82, 2.24) is 24.9 Å². The van der Waals surface area contributed by atoms with Gasteiger partial charge in [-0.15, -0.1) is 0 Å². The Morgan fingerprint density at radius 1 is 1.12 bits per heavy atom. The Bertz CT molecular complexity index is 1140. The number of nitrogens with one attached hydrogen (secondary N) is 2. The number of imidazole rings is 1. The Hall–Kier alpha value is -2.99. The summed E-state index contributed by atoms with van der Waals surface area (Å²) >= 11 is 6.13. The standard InChI is InChI=1S/C18H14ClN5O/c1-9-5-11(6-16(19)22-9)12-7-13-15(25)3-4-20-18(13)24-17(12)14-8-21-10(2)23-14/h3-8H,1-2H3,(H,21,23)(H,20,24,25). The number of aromatic amines is 2. The van der Waals surface area contributed by atoms with Crippen molar-refractivity contribution >= 4 is 22.6 Å². The van der Waals surface area contributed by atoms with E-state index in [1.54, 1.807) is 18.5 Å². The Morgan fingerprint density at radius 3 is 2.68 bits per heavy atom. The lowest BCUT2D eigenvalue weighted by Crippen LogP contribution is -2.03. The Kier molecular flexibility index (Phi) is 3.62. The molecule has 4 rings (SSSR count). The summed E-state index contributed by atoms with van der Waals surface area (Å²) in [5.74, 6) is 0.786. The van der Waals surface area contributed by atoms with Gasteiger partial charge < -0.3 is 9.97 Å². The summed E-state index contributed by atoms with van der Waals surface area (Å²) in [6.07, 6.45) is 3.32. The van der Waals surface area contributed by atoms with E-state index in [1.165, 1.54) is 6.07 Å². The monoisotopic (exact) mass is 351 g/mol. The van der Waals surface area contributed by atoms with Crippen molar-refractivity contribution in [3.05, 3.63) is 63.6 Å². The average molecular weight is 352 g/mol. The van der Waals surface area contributed by atoms with Gasteiger partial charge in [0.05, 0.1) is 23.0 Å². The van der Waals surface area contributed by atoms with Crippen molar-refractivity contribution in [1.29, 1.82) is 0 Å². The van der Waals surface area contributed by atoms with Crippen molar-refractivity contribution in [3.8, 4) is 22.5 Å². The summed E-state index contributed by atoms with van der Waals surface area (Å²) in [5, 5.41) is 0.909. The minimum Gasteiger partial charge on any atom is -0.346 e. The highest BCUT2D eigenvalue weighted by atomic mass is 35.5. The average Bonchev–Trinajstić information content (AvgIpc) is 2.99. The molecule has 6 nitrogen and oxygen atoms in total. The summed E-state index contributed by atoms with van der Waals surface area (Å²) in [7, 11) is 0. The molecule has 25 heavy (non-hydrogen) atoms. The van der Waals surface area contributed by atoms with Crippen LogP contribution in [0.1, 0.15) is 11.5 Å². The second kappa shape index (κ2) is 5.82. The molecule has 4 aromatic rings. The number of H-pyrrole nitrogens is 2. The minimum atomic E-state index is -0.0910. The molecule has 0 bridgehead atoms. The second-order valence-electron chi connectivity index (χ2n) is 5.82. The first kappa shape index (κ1) is 15.5. The number of aromatic nitrogens is 5. The van der Waals surface area contributed by atoms with Gasteiger partial charge in [-0.25, -0.2) is 15.0 Å². The molecule has 0 aliphatic heterocycles. The minimum absolute atomic E-state index is 0.0910. The molecule has 4 heterocycles. The first-order valence-electron chi connectivity index (χ1n) is 7.70. The summed E-state index contributed by atoms with van der Waals surface area (Å²) in [4.78, 5) is 31.6. The van der Waals surface area contributed by atoms with E-state index in [4.69, 9.17) is 11.6 Å². The van der Waals surface area contributed by atoms with Gasteiger partial charge in [-0.3, -0.25) is 4.79 Å². The van der Waals surface area contributed by atoms with Crippen molar-refractivity contribution < 1.29 is 0 Å². The van der Waals surface area contributed by atoms with Gasteiger partial charge in [0.25, 0.3) is 0 Å². The van der Waals surface area contributed by atoms with E-state index < -0.39 is 0 Å². The number of hydrogen-bond donors (Lipinski definition) is 2. The lowest BCUT2D eigenvalue weighted by Gasteiger charge is -2.10. The van der Waals surface area contributed by atoms with Crippen LogP contribution in [0.3, 0.4) is 0 Å². The molecular weight excluding hydrogens is 338 g/mol. The summed E-state index contributed by atoms with van der Waals surface area (Å²) < 4.78 is 0. The van der Waals surface area contributed by atoms with Crippen LogP contribution in [0.15, 0.2) is 41.5 Å². The summed E-state index contributed by atoms with van der Waals surface area (Å²) in [5.41, 5.74) is 4.32. The molecule has 0 aromatic carbocycles. The fraction of sp³-hybridized carbons (Fsp3) is 0.111. The molecule has 0 amide bonds. The van der Waals surface area contributed by atoms with Crippen molar-refractivity contribution in [3.63, 3.8) is 0 Å². The van der Waals surface area contributed by atoms with Crippen LogP contribution in [0.4, 0.5) is 0 Å². The zero-order valence-electron chi connectivity index (χ0n) is 13.6. The third-order valence-corrected chi connectivity index (χ3v) is 4.13. The first-order valence-corrected chi connectivity index (χ1v) is 8.08. The van der Waals surface area contributed by atoms with E-state index in [2.05, 4.69) is 24.9 Å². The molecule has 0 fully saturated rings. The molecule has 4 aromatic heterocycles. The van der Waals surface area contributed by atoms with Gasteiger partial charge in [-0.1, -0.05) is 11.6 Å². The largest absolute Gasteiger partial charge is 0.346 e. The molecule has 0 radical (unpaired) electrons. The first-order chi connectivity index (χ1) is 12.0. The fourth-order valence-corrected chi connectivity index (χ4v) is 3.10. The van der Waals surface area contributed by atoms with Crippen molar-refractivity contribution in [2.24, 2.45) is 0 Å². The highest BCUT2D eigenvalue weighted by molar-refractivity contribution is 6.29. The lowest BCUT2D eigenvalue weighted by atomic mass is 10.0. The van der Waals surface area contributed by atoms with Crippen LogP contribution in [0.2, 0.25) is 5.15 Å². The number of pyridine rings is 3. The predicted octanol–water partition coefficient (Wildman–Crippen LogP) is 3.65. The van der Waals surface area contributed by atoms with E-state index in [9.17, 15) is 4.79 Å². The molecule has 0 aliphatic carbocycles. The van der Waals surface area contributed by atoms with Gasteiger partial charge in [-0.2, -0.15) is 0 Å². The number of hydrogen-bond acceptors (Lipinski definition) is 4. The van der Waals surface area contributed by atoms with Gasteiger partial charge in [0.2, 0.25) is 0 Å². The molecule has 0 aliphatic rings. The van der Waals surface area contributed by atoms with Crippen LogP contribution in [0.5, 0.6) is 0 Å². The number of nitrogens with zero attached hydrogens (tertiary/aromatic N) is 3. The Balaban J connectivity index is 2.09. The highest BCUT2D eigenvalue weighted by Gasteiger charge is 2.15. The zero-order valence-corrected chi connectivity index (χ0v) is 14.3. The maximum atomic E-state index is 12.2. The normalized spacial score (nSPS) is 11.2. The number of fused-ring (bicyclic) bond motifs is 1. The Morgan fingerprint density at radius 2 is 1.96 bits per heavy atom. The second-order valence-corrected chi connectivity index (χ2v) is 6.21. The third-order valence-electron chi connectivity index (χ3n) is 3.93. The van der Waals surface area contributed by atoms with Crippen LogP contribution >= 0.6 is 11.6 Å². The van der Waals surface area contributed by atoms with Crippen molar-refractivity contribution in [2.75, 3.05) is 0 Å². The van der Waals surface area contributed by atoms with Gasteiger partial charge in [0.1, 0.15) is 16.6 Å². The van der Waals surface area contributed by atoms with Crippen LogP contribution in [-0.4, -0.2) is 24.9 Å². The van der Waals surface area contributed by atoms with E-state index in [0.717, 1.165) is 28.3 Å². The quantitative estimate of drug-likeness (QED) is 0.540. The molecule has 0 saturated heterocycles. The smallest absolute Gasteiger partial charge is 0.191 e. The van der Waals surface area contributed by atoms with E-state index in [-0.39, 0.29) is 5.43 Å². The van der Waals surface area contributed by atoms with Gasteiger partial charge in [0, 0.05) is 23.5 Å². The van der Waals surface area contributed by atoms with Gasteiger partial charge >= 0.3 is 0 Å². The summed E-state index contributed by atoms with van der Waals surface area (Å²) in [6.45, 7) is 3.75. The molecule has 0 saturated carbocycles. The zero-order chi connectivity index (χ0) is 17.6. The molecule has 0 unspecified atom stereocenters. The maximum Gasteiger partial charge on any atom is 0.191 e. The van der Waals surface area contributed by atoms with Crippen LogP contribution in [-0.2, 0) is 0 Å². The maximum absolute atomic E-state index is 12.2. The van der Waals surface area contributed by atoms with Crippen molar-refractivity contribution in [2.45, 2.75) is 13.8 Å². The van der Waals surface area contributed by atoms with Crippen LogP contribution in [0.25, 0.3) is 33.5 Å². The van der Waals surface area contributed by atoms with E-state index in [0.29, 0.717) is 21.9 Å². The number of halogens is 1. The molecule has 7 heteroatoms. The summed E-state index contributed by atoms with van der Waals surface area (Å²) in [6, 6.07) is 7.00. The molecule has 2 N–H and O–H groups in total. The van der Waals surface area contributed by atoms with E-state index in [1.807, 2.05) is 26.0 Å². The topological polar surface area (TPSA) is 87.3 Å². The van der Waals surface area contributed by atoms with Gasteiger partial charge in [-0.05, 0) is 37.6 Å². The fourth-order valence-electron chi connectivity index (χ4n) is 2.85. The number of aryl methyl sites for hydroxylation is 2. The van der Waals surface area contributed by atoms with E-state index >= 15 is 0 Å². The molecule has 0 atom stereocenters. The molecule has 124 valence electrons. The predicted molar refractivity (Wildman–Crippen MR) is 97.7 cm³/mol. The highest BCUT2D eigenvalue weighted by Crippen LogP contribution is 2.32. The van der Waals surface area contributed by atoms with Crippen LogP contribution < -0.4 is 5.43 Å². The Labute approximate surface area is 148 Å². The molecular formula is C18H14ClN5O. The van der Waals surface area contributed by atoms with Gasteiger partial charge in [0.15, 0.2) is 5.43 Å². The number of rotatable bonds is 2. The van der Waals surface area contributed by atoms with Crippen LogP contribution in [0, 0.1) is 13.8 Å². The third kappa shape index (κ3) is 2.81. The SMILES string of the molecule is Cc1cc(-c2cc3c(=O)cc[nH]c3nc2-c2cnc(C)[nH]2)cc(Cl)n1.